The predicted octanol–water partition coefficient (Wildman–Crippen LogP) is 4.36. The quantitative estimate of drug-likeness (QED) is 0.275. The maximum Gasteiger partial charge on any atom is 0.414 e. The van der Waals surface area contributed by atoms with E-state index in [0.29, 0.717) is 48.9 Å². The Hall–Kier alpha value is -4.76. The summed E-state index contributed by atoms with van der Waals surface area (Å²) in [6.07, 6.45) is -1.78. The summed E-state index contributed by atoms with van der Waals surface area (Å²) in [6.45, 7) is 7.27. The number of aliphatic hydroxyl groups is 1. The van der Waals surface area contributed by atoms with Gasteiger partial charge in [-0.25, -0.2) is 9.59 Å². The molecule has 0 unspecified atom stereocenters. The Morgan fingerprint density at radius 3 is 2.13 bits per heavy atom. The van der Waals surface area contributed by atoms with Crippen LogP contribution in [0.25, 0.3) is 0 Å². The maximum atomic E-state index is 15.0. The number of benzene rings is 3. The summed E-state index contributed by atoms with van der Waals surface area (Å²) in [5, 5.41) is 9.86. The summed E-state index contributed by atoms with van der Waals surface area (Å²) in [5.74, 6) is -1.12. The molecule has 3 aromatic rings. The van der Waals surface area contributed by atoms with Gasteiger partial charge in [0.1, 0.15) is 13.2 Å². The molecule has 1 spiro atoms. The summed E-state index contributed by atoms with van der Waals surface area (Å²) >= 11 is 0. The molecule has 4 amide bonds. The predicted molar refractivity (Wildman–Crippen MR) is 194 cm³/mol. The zero-order chi connectivity index (χ0) is 36.8. The zero-order valence-corrected chi connectivity index (χ0v) is 30.6. The number of ether oxygens (including phenoxy) is 3. The first-order valence-corrected chi connectivity index (χ1v) is 20.7. The lowest BCUT2D eigenvalue weighted by Crippen LogP contribution is -2.46. The summed E-state index contributed by atoms with van der Waals surface area (Å²) in [5.41, 5.74) is 2.07. The van der Waals surface area contributed by atoms with Crippen LogP contribution < -0.4 is 14.7 Å². The van der Waals surface area contributed by atoms with Crippen molar-refractivity contribution in [2.24, 2.45) is 5.92 Å². The molecule has 0 aliphatic carbocycles. The molecule has 0 saturated carbocycles. The van der Waals surface area contributed by atoms with E-state index in [9.17, 15) is 24.3 Å². The molecule has 4 aliphatic heterocycles. The van der Waals surface area contributed by atoms with E-state index in [1.807, 2.05) is 67.6 Å². The van der Waals surface area contributed by atoms with Gasteiger partial charge >= 0.3 is 12.2 Å². The number of amides is 4. The fourth-order valence-electron chi connectivity index (χ4n) is 8.33. The molecular formula is C38H44N4O9Si. The molecule has 3 fully saturated rings. The SMILES string of the molecule is C[C@@H]1[C@@H]([Si](C)(C)O)[C@H](CC(=O)N(CCO)Cc2ccccc2)O[C@@]12C(=O)N(Cc1ccc(N3CCOC3=O)cc1)c1ccc(N3CCOC3=O)cc12. The third kappa shape index (κ3) is 6.33. The van der Waals surface area contributed by atoms with E-state index in [0.717, 1.165) is 11.1 Å². The summed E-state index contributed by atoms with van der Waals surface area (Å²) < 4.78 is 17.2. The van der Waals surface area contributed by atoms with E-state index >= 15 is 4.79 Å². The Bertz CT molecular complexity index is 1850. The lowest BCUT2D eigenvalue weighted by atomic mass is 9.82. The van der Waals surface area contributed by atoms with Crippen LogP contribution in [0.3, 0.4) is 0 Å². The van der Waals surface area contributed by atoms with Crippen molar-refractivity contribution < 1.29 is 43.3 Å². The number of anilines is 3. The van der Waals surface area contributed by atoms with Crippen molar-refractivity contribution in [1.29, 1.82) is 0 Å². The van der Waals surface area contributed by atoms with E-state index in [4.69, 9.17) is 14.2 Å². The molecule has 52 heavy (non-hydrogen) atoms. The molecule has 4 heterocycles. The van der Waals surface area contributed by atoms with Crippen LogP contribution in [0.15, 0.2) is 72.8 Å². The molecule has 2 N–H and O–H groups in total. The molecule has 4 atom stereocenters. The first-order valence-electron chi connectivity index (χ1n) is 17.7. The Balaban J connectivity index is 1.24. The molecule has 0 radical (unpaired) electrons. The average molecular weight is 729 g/mol. The molecule has 13 nitrogen and oxygen atoms in total. The minimum Gasteiger partial charge on any atom is -0.447 e. The summed E-state index contributed by atoms with van der Waals surface area (Å²) in [7, 11) is -3.10. The van der Waals surface area contributed by atoms with Gasteiger partial charge < -0.3 is 33.9 Å². The first-order chi connectivity index (χ1) is 24.9. The molecular weight excluding hydrogens is 685 g/mol. The van der Waals surface area contributed by atoms with E-state index < -0.39 is 43.7 Å². The van der Waals surface area contributed by atoms with Gasteiger partial charge in [-0.1, -0.05) is 49.4 Å². The number of hydrogen-bond donors (Lipinski definition) is 2. The molecule has 3 aromatic carbocycles. The summed E-state index contributed by atoms with van der Waals surface area (Å²) in [6, 6.07) is 22.3. The van der Waals surface area contributed by atoms with Crippen LogP contribution >= 0.6 is 0 Å². The summed E-state index contributed by atoms with van der Waals surface area (Å²) in [4.78, 5) is 71.9. The van der Waals surface area contributed by atoms with E-state index in [1.54, 1.807) is 39.9 Å². The minimum atomic E-state index is -3.10. The fourth-order valence-corrected chi connectivity index (χ4v) is 10.9. The normalized spacial score (nSPS) is 24.1. The van der Waals surface area contributed by atoms with Crippen LogP contribution in [0.4, 0.5) is 26.7 Å². The van der Waals surface area contributed by atoms with Crippen molar-refractivity contribution in [2.75, 3.05) is 54.2 Å². The van der Waals surface area contributed by atoms with Crippen molar-refractivity contribution >= 4 is 49.4 Å². The molecule has 3 saturated heterocycles. The zero-order valence-electron chi connectivity index (χ0n) is 29.6. The van der Waals surface area contributed by atoms with Gasteiger partial charge in [0.2, 0.25) is 5.91 Å². The molecule has 0 aromatic heterocycles. The second-order valence-electron chi connectivity index (χ2n) is 14.4. The van der Waals surface area contributed by atoms with Gasteiger partial charge in [-0.3, -0.25) is 19.4 Å². The Labute approximate surface area is 303 Å². The van der Waals surface area contributed by atoms with Crippen molar-refractivity contribution in [1.82, 2.24) is 4.90 Å². The van der Waals surface area contributed by atoms with Crippen LogP contribution in [0, 0.1) is 5.92 Å². The van der Waals surface area contributed by atoms with Crippen LogP contribution in [-0.4, -0.2) is 92.7 Å². The third-order valence-electron chi connectivity index (χ3n) is 10.7. The highest BCUT2D eigenvalue weighted by Crippen LogP contribution is 2.60. The van der Waals surface area contributed by atoms with Gasteiger partial charge in [-0.2, -0.15) is 0 Å². The van der Waals surface area contributed by atoms with Crippen LogP contribution in [0.5, 0.6) is 0 Å². The highest BCUT2D eigenvalue weighted by atomic mass is 28.4. The Morgan fingerprint density at radius 1 is 0.904 bits per heavy atom. The largest absolute Gasteiger partial charge is 0.447 e. The van der Waals surface area contributed by atoms with Crippen molar-refractivity contribution in [3.63, 3.8) is 0 Å². The molecule has 274 valence electrons. The highest BCUT2D eigenvalue weighted by molar-refractivity contribution is 6.71. The lowest BCUT2D eigenvalue weighted by molar-refractivity contribution is -0.150. The van der Waals surface area contributed by atoms with E-state index in [2.05, 4.69) is 0 Å². The van der Waals surface area contributed by atoms with Crippen LogP contribution in [0.2, 0.25) is 18.6 Å². The number of fused-ring (bicyclic) bond motifs is 2. The number of hydrogen-bond acceptors (Lipinski definition) is 9. The number of carbonyl (C=O) groups excluding carboxylic acids is 4. The van der Waals surface area contributed by atoms with Gasteiger partial charge in [0.05, 0.1) is 44.5 Å². The fraction of sp³-hybridized carbons (Fsp3) is 0.421. The smallest absolute Gasteiger partial charge is 0.414 e. The molecule has 4 aliphatic rings. The average Bonchev–Trinajstić information content (AvgIpc) is 3.87. The lowest BCUT2D eigenvalue weighted by Gasteiger charge is -2.33. The maximum absolute atomic E-state index is 15.0. The van der Waals surface area contributed by atoms with Gasteiger partial charge in [-0.05, 0) is 54.6 Å². The second-order valence-corrected chi connectivity index (χ2v) is 18.4. The van der Waals surface area contributed by atoms with Crippen LogP contribution in [-0.2, 0) is 42.5 Å². The number of carbonyl (C=O) groups is 4. The molecule has 14 heteroatoms. The third-order valence-corrected chi connectivity index (χ3v) is 13.2. The van der Waals surface area contributed by atoms with Crippen molar-refractivity contribution in [3.8, 4) is 0 Å². The molecule has 0 bridgehead atoms. The van der Waals surface area contributed by atoms with Crippen molar-refractivity contribution in [2.45, 2.75) is 56.8 Å². The second kappa shape index (κ2) is 14.0. The number of nitrogens with zero attached hydrogens (tertiary/aromatic N) is 4. The Kier molecular flexibility index (Phi) is 9.59. The molecule has 7 rings (SSSR count). The topological polar surface area (TPSA) is 149 Å². The minimum absolute atomic E-state index is 0.0955. The number of rotatable bonds is 11. The van der Waals surface area contributed by atoms with E-state index in [-0.39, 0.29) is 44.5 Å². The Morgan fingerprint density at radius 2 is 1.54 bits per heavy atom. The number of aliphatic hydroxyl groups excluding tert-OH is 1. The van der Waals surface area contributed by atoms with Gasteiger partial charge in [0.15, 0.2) is 13.9 Å². The number of cyclic esters (lactones) is 2. The first kappa shape index (κ1) is 35.6. The van der Waals surface area contributed by atoms with Crippen molar-refractivity contribution in [3.05, 3.63) is 89.5 Å². The standard InChI is InChI=1S/C38H44N4O9Si/c1-25-34(52(2,3)48)32(22-33(44)39(15-18-43)23-26-7-5-4-6-8-26)51-38(25)30-21-29(41-17-20-50-37(41)47)13-14-31(30)42(35(38)45)24-27-9-11-28(12-10-27)40-16-19-49-36(40)46/h4-14,21,25,32,34,43,48H,15-20,22-24H2,1-3H3/t25-,32+,34-,38+/m1/s1. The monoisotopic (exact) mass is 728 g/mol. The highest BCUT2D eigenvalue weighted by Gasteiger charge is 2.66. The van der Waals surface area contributed by atoms with E-state index in [1.165, 1.54) is 4.90 Å². The van der Waals surface area contributed by atoms with Gasteiger partial charge in [0.25, 0.3) is 5.91 Å². The van der Waals surface area contributed by atoms with Crippen LogP contribution in [0.1, 0.15) is 30.0 Å². The van der Waals surface area contributed by atoms with Gasteiger partial charge in [-0.15, -0.1) is 0 Å². The van der Waals surface area contributed by atoms with Gasteiger partial charge in [0, 0.05) is 41.5 Å².